The topological polar surface area (TPSA) is 75.5 Å². The maximum Gasteiger partial charge on any atom is 0.223 e. The van der Waals surface area contributed by atoms with E-state index in [1.807, 2.05) is 28.0 Å². The summed E-state index contributed by atoms with van der Waals surface area (Å²) in [6.07, 6.45) is 5.96. The first-order valence-electron chi connectivity index (χ1n) is 13.5. The summed E-state index contributed by atoms with van der Waals surface area (Å²) in [6, 6.07) is 10.2. The Morgan fingerprint density at radius 2 is 1.75 bits per heavy atom. The SMILES string of the molecule is CC(=O)N1CCC(n2nc([C@H]3CCCN3C(=O)CCc3ccccc3)c3c2CC(C)(C)CC3=O)CC1. The molecule has 0 spiro atoms. The molecule has 2 saturated heterocycles. The average Bonchev–Trinajstić information content (AvgIpc) is 3.47. The number of Topliss-reactive ketones (excluding diaryl/α,β-unsaturated/α-hetero) is 1. The summed E-state index contributed by atoms with van der Waals surface area (Å²) in [7, 11) is 0. The van der Waals surface area contributed by atoms with Gasteiger partial charge in [-0.1, -0.05) is 44.2 Å². The summed E-state index contributed by atoms with van der Waals surface area (Å²) in [5.74, 6) is 0.416. The Morgan fingerprint density at radius 1 is 1.03 bits per heavy atom. The Kier molecular flexibility index (Phi) is 6.75. The zero-order valence-corrected chi connectivity index (χ0v) is 21.8. The van der Waals surface area contributed by atoms with Gasteiger partial charge in [-0.05, 0) is 49.5 Å². The zero-order chi connectivity index (χ0) is 25.4. The molecule has 2 aliphatic heterocycles. The maximum atomic E-state index is 13.5. The van der Waals surface area contributed by atoms with Gasteiger partial charge >= 0.3 is 0 Å². The largest absolute Gasteiger partial charge is 0.343 e. The maximum absolute atomic E-state index is 13.5. The van der Waals surface area contributed by atoms with Crippen molar-refractivity contribution in [1.82, 2.24) is 19.6 Å². The van der Waals surface area contributed by atoms with Gasteiger partial charge in [-0.15, -0.1) is 0 Å². The highest BCUT2D eigenvalue weighted by Crippen LogP contribution is 2.43. The van der Waals surface area contributed by atoms with Crippen molar-refractivity contribution in [2.24, 2.45) is 5.41 Å². The molecular weight excluding hydrogens is 452 g/mol. The van der Waals surface area contributed by atoms with Crippen LogP contribution >= 0.6 is 0 Å². The van der Waals surface area contributed by atoms with Gasteiger partial charge in [0.25, 0.3) is 0 Å². The highest BCUT2D eigenvalue weighted by molar-refractivity contribution is 6.00. The van der Waals surface area contributed by atoms with Crippen LogP contribution in [0.5, 0.6) is 0 Å². The molecule has 0 N–H and O–H groups in total. The Labute approximate surface area is 213 Å². The van der Waals surface area contributed by atoms with Gasteiger partial charge in [0.2, 0.25) is 11.8 Å². The monoisotopic (exact) mass is 490 g/mol. The standard InChI is InChI=1S/C29H38N4O3/c1-20(34)31-16-13-22(14-17-31)33-24-18-29(2,3)19-25(35)27(24)28(30-33)23-10-7-15-32(23)26(36)12-11-21-8-5-4-6-9-21/h4-6,8-9,22-23H,7,10-19H2,1-3H3/t23-/m1/s1. The first-order chi connectivity index (χ1) is 17.2. The van der Waals surface area contributed by atoms with Crippen molar-refractivity contribution >= 4 is 17.6 Å². The molecule has 192 valence electrons. The fraction of sp³-hybridized carbons (Fsp3) is 0.586. The molecule has 36 heavy (non-hydrogen) atoms. The van der Waals surface area contributed by atoms with Crippen molar-refractivity contribution in [3.8, 4) is 0 Å². The lowest BCUT2D eigenvalue weighted by Crippen LogP contribution is -2.38. The fourth-order valence-corrected chi connectivity index (χ4v) is 6.35. The highest BCUT2D eigenvalue weighted by atomic mass is 16.2. The smallest absolute Gasteiger partial charge is 0.223 e. The van der Waals surface area contributed by atoms with Crippen LogP contribution in [0.25, 0.3) is 0 Å². The lowest BCUT2D eigenvalue weighted by Gasteiger charge is -2.34. The summed E-state index contributed by atoms with van der Waals surface area (Å²) >= 11 is 0. The number of carbonyl (C=O) groups excluding carboxylic acids is 3. The first-order valence-corrected chi connectivity index (χ1v) is 13.5. The minimum absolute atomic E-state index is 0.111. The van der Waals surface area contributed by atoms with Crippen molar-refractivity contribution in [2.45, 2.75) is 84.2 Å². The number of nitrogens with zero attached hydrogens (tertiary/aromatic N) is 4. The normalized spacial score (nSPS) is 22.1. The van der Waals surface area contributed by atoms with E-state index in [0.29, 0.717) is 12.8 Å². The second kappa shape index (κ2) is 9.83. The molecule has 2 amide bonds. The molecule has 1 aliphatic carbocycles. The quantitative estimate of drug-likeness (QED) is 0.618. The molecule has 2 fully saturated rings. The van der Waals surface area contributed by atoms with Crippen molar-refractivity contribution in [3.63, 3.8) is 0 Å². The Hall–Kier alpha value is -2.96. The van der Waals surface area contributed by atoms with E-state index in [2.05, 4.69) is 30.7 Å². The molecule has 3 heterocycles. The van der Waals surface area contributed by atoms with Gasteiger partial charge in [-0.3, -0.25) is 19.1 Å². The van der Waals surface area contributed by atoms with Crippen LogP contribution in [0, 0.1) is 5.41 Å². The van der Waals surface area contributed by atoms with E-state index in [9.17, 15) is 14.4 Å². The number of carbonyl (C=O) groups is 3. The van der Waals surface area contributed by atoms with E-state index in [1.165, 1.54) is 0 Å². The number of aryl methyl sites for hydroxylation is 1. The fourth-order valence-electron chi connectivity index (χ4n) is 6.35. The summed E-state index contributed by atoms with van der Waals surface area (Å²) in [4.78, 5) is 42.5. The van der Waals surface area contributed by atoms with Crippen molar-refractivity contribution < 1.29 is 14.4 Å². The van der Waals surface area contributed by atoms with Crippen LogP contribution in [0.2, 0.25) is 0 Å². The number of hydrogen-bond donors (Lipinski definition) is 0. The number of piperidine rings is 1. The van der Waals surface area contributed by atoms with Crippen LogP contribution in [0.1, 0.15) is 98.7 Å². The molecule has 0 bridgehead atoms. The third kappa shape index (κ3) is 4.84. The molecule has 0 unspecified atom stereocenters. The van der Waals surface area contributed by atoms with Crippen molar-refractivity contribution in [1.29, 1.82) is 0 Å². The van der Waals surface area contributed by atoms with Gasteiger partial charge in [0.15, 0.2) is 5.78 Å². The number of likely N-dealkylation sites (tertiary alicyclic amines) is 2. The van der Waals surface area contributed by atoms with Gasteiger partial charge < -0.3 is 9.80 Å². The van der Waals surface area contributed by atoms with Gasteiger partial charge in [-0.25, -0.2) is 0 Å². The van der Waals surface area contributed by atoms with Crippen LogP contribution in [0.3, 0.4) is 0 Å². The van der Waals surface area contributed by atoms with E-state index in [4.69, 9.17) is 5.10 Å². The minimum Gasteiger partial charge on any atom is -0.343 e. The number of hydrogen-bond acceptors (Lipinski definition) is 4. The number of aromatic nitrogens is 2. The van der Waals surface area contributed by atoms with Crippen LogP contribution in [0.4, 0.5) is 0 Å². The summed E-state index contributed by atoms with van der Waals surface area (Å²) in [6.45, 7) is 8.08. The van der Waals surface area contributed by atoms with Gasteiger partial charge in [0, 0.05) is 39.4 Å². The second-order valence-corrected chi connectivity index (χ2v) is 11.6. The van der Waals surface area contributed by atoms with E-state index < -0.39 is 0 Å². The molecule has 1 atom stereocenters. The van der Waals surface area contributed by atoms with Crippen LogP contribution in [-0.2, 0) is 22.4 Å². The lowest BCUT2D eigenvalue weighted by atomic mass is 9.75. The molecule has 2 aromatic rings. The second-order valence-electron chi connectivity index (χ2n) is 11.6. The Bertz CT molecular complexity index is 1140. The van der Waals surface area contributed by atoms with Crippen LogP contribution < -0.4 is 0 Å². The van der Waals surface area contributed by atoms with Crippen molar-refractivity contribution in [2.75, 3.05) is 19.6 Å². The van der Waals surface area contributed by atoms with Gasteiger partial charge in [0.05, 0.1) is 29.0 Å². The van der Waals surface area contributed by atoms with Gasteiger partial charge in [-0.2, -0.15) is 5.10 Å². The van der Waals surface area contributed by atoms with E-state index in [1.54, 1.807) is 6.92 Å². The number of benzene rings is 1. The zero-order valence-electron chi connectivity index (χ0n) is 21.8. The lowest BCUT2D eigenvalue weighted by molar-refractivity contribution is -0.132. The third-order valence-electron chi connectivity index (χ3n) is 8.22. The van der Waals surface area contributed by atoms with Gasteiger partial charge in [0.1, 0.15) is 0 Å². The molecule has 1 aromatic heterocycles. The first kappa shape index (κ1) is 24.7. The Morgan fingerprint density at radius 3 is 2.44 bits per heavy atom. The number of rotatable bonds is 5. The number of amides is 2. The Balaban J connectivity index is 1.43. The predicted octanol–water partition coefficient (Wildman–Crippen LogP) is 4.52. The molecule has 0 radical (unpaired) electrons. The average molecular weight is 491 g/mol. The van der Waals surface area contributed by atoms with Crippen LogP contribution in [-0.4, -0.2) is 56.8 Å². The van der Waals surface area contributed by atoms with E-state index >= 15 is 0 Å². The highest BCUT2D eigenvalue weighted by Gasteiger charge is 2.42. The number of ketones is 1. The minimum atomic E-state index is -0.134. The molecule has 0 saturated carbocycles. The van der Waals surface area contributed by atoms with E-state index in [0.717, 1.165) is 80.7 Å². The summed E-state index contributed by atoms with van der Waals surface area (Å²) < 4.78 is 2.12. The number of fused-ring (bicyclic) bond motifs is 1. The third-order valence-corrected chi connectivity index (χ3v) is 8.22. The molecule has 7 heteroatoms. The molecule has 1 aromatic carbocycles. The van der Waals surface area contributed by atoms with Crippen LogP contribution in [0.15, 0.2) is 30.3 Å². The summed E-state index contributed by atoms with van der Waals surface area (Å²) in [5, 5.41) is 5.13. The molecule has 3 aliphatic rings. The predicted molar refractivity (Wildman–Crippen MR) is 138 cm³/mol. The molecule has 5 rings (SSSR count). The molecule has 7 nitrogen and oxygen atoms in total. The summed E-state index contributed by atoms with van der Waals surface area (Å²) in [5.41, 5.74) is 3.68. The van der Waals surface area contributed by atoms with Crippen molar-refractivity contribution in [3.05, 3.63) is 52.8 Å². The molecular formula is C29H38N4O3. The van der Waals surface area contributed by atoms with E-state index in [-0.39, 0.29) is 35.1 Å².